The van der Waals surface area contributed by atoms with Crippen LogP contribution in [0.15, 0.2) is 24.5 Å². The molecule has 4 nitrogen and oxygen atoms in total. The highest BCUT2D eigenvalue weighted by atomic mass is 16.5. The van der Waals surface area contributed by atoms with Crippen molar-refractivity contribution in [3.63, 3.8) is 0 Å². The van der Waals surface area contributed by atoms with E-state index in [1.165, 1.54) is 5.56 Å². The summed E-state index contributed by atoms with van der Waals surface area (Å²) in [7, 11) is 1.65. The Bertz CT molecular complexity index is 464. The quantitative estimate of drug-likeness (QED) is 0.821. The molecule has 0 fully saturated rings. The minimum Gasteiger partial charge on any atom is -0.383 e. The van der Waals surface area contributed by atoms with E-state index in [4.69, 9.17) is 10.5 Å². The third-order valence-corrected chi connectivity index (χ3v) is 2.41. The Morgan fingerprint density at radius 2 is 2.33 bits per heavy atom. The van der Waals surface area contributed by atoms with Crippen molar-refractivity contribution >= 4 is 5.65 Å². The Balaban J connectivity index is 2.47. The van der Waals surface area contributed by atoms with Gasteiger partial charge < -0.3 is 14.9 Å². The number of aromatic nitrogens is 2. The zero-order valence-corrected chi connectivity index (χ0v) is 8.97. The lowest BCUT2D eigenvalue weighted by molar-refractivity contribution is 0.179. The van der Waals surface area contributed by atoms with Gasteiger partial charge in [-0.2, -0.15) is 0 Å². The molecule has 0 amide bonds. The molecule has 2 rings (SSSR count). The van der Waals surface area contributed by atoms with Crippen molar-refractivity contribution in [2.24, 2.45) is 5.73 Å². The van der Waals surface area contributed by atoms with E-state index in [1.807, 2.05) is 29.7 Å². The maximum absolute atomic E-state index is 5.98. The zero-order chi connectivity index (χ0) is 10.8. The smallest absolute Gasteiger partial charge is 0.136 e. The second kappa shape index (κ2) is 4.00. The van der Waals surface area contributed by atoms with Crippen molar-refractivity contribution in [3.05, 3.63) is 35.8 Å². The molecule has 0 aliphatic rings. The van der Waals surface area contributed by atoms with E-state index >= 15 is 0 Å². The molecular weight excluding hydrogens is 190 g/mol. The Morgan fingerprint density at radius 1 is 1.53 bits per heavy atom. The van der Waals surface area contributed by atoms with Gasteiger partial charge in [0.25, 0.3) is 0 Å². The van der Waals surface area contributed by atoms with Gasteiger partial charge in [-0.1, -0.05) is 6.07 Å². The number of nitrogens with two attached hydrogens (primary N) is 1. The molecule has 4 heteroatoms. The summed E-state index contributed by atoms with van der Waals surface area (Å²) >= 11 is 0. The summed E-state index contributed by atoms with van der Waals surface area (Å²) in [5.41, 5.74) is 9.07. The fraction of sp³-hybridized carbons (Fsp3) is 0.364. The first kappa shape index (κ1) is 10.1. The molecule has 15 heavy (non-hydrogen) atoms. The fourth-order valence-corrected chi connectivity index (χ4v) is 1.64. The molecule has 0 bridgehead atoms. The maximum Gasteiger partial charge on any atom is 0.136 e. The van der Waals surface area contributed by atoms with Crippen molar-refractivity contribution in [1.29, 1.82) is 0 Å². The first-order valence-electron chi connectivity index (χ1n) is 4.90. The molecule has 0 aromatic carbocycles. The number of fused-ring (bicyclic) bond motifs is 1. The van der Waals surface area contributed by atoms with E-state index in [-0.39, 0.29) is 6.04 Å². The molecule has 0 saturated heterocycles. The van der Waals surface area contributed by atoms with E-state index in [0.717, 1.165) is 11.3 Å². The van der Waals surface area contributed by atoms with E-state index < -0.39 is 0 Å². The number of ether oxygens (including phenoxy) is 1. The predicted molar refractivity (Wildman–Crippen MR) is 58.7 cm³/mol. The second-order valence-electron chi connectivity index (χ2n) is 3.68. The lowest BCUT2D eigenvalue weighted by Crippen LogP contribution is -2.17. The minimum atomic E-state index is -0.133. The number of aryl methyl sites for hydroxylation is 1. The molecule has 1 atom stereocenters. The van der Waals surface area contributed by atoms with Crippen molar-refractivity contribution < 1.29 is 4.74 Å². The first-order valence-corrected chi connectivity index (χ1v) is 4.90. The van der Waals surface area contributed by atoms with Crippen LogP contribution in [0.2, 0.25) is 0 Å². The summed E-state index contributed by atoms with van der Waals surface area (Å²) in [6.45, 7) is 2.55. The molecule has 2 aromatic rings. The van der Waals surface area contributed by atoms with Gasteiger partial charge in [-0.05, 0) is 18.6 Å². The first-order chi connectivity index (χ1) is 7.22. The maximum atomic E-state index is 5.98. The number of hydrogen-bond acceptors (Lipinski definition) is 3. The molecule has 2 aromatic heterocycles. The van der Waals surface area contributed by atoms with Crippen LogP contribution in [0.1, 0.15) is 17.3 Å². The topological polar surface area (TPSA) is 52.5 Å². The van der Waals surface area contributed by atoms with Gasteiger partial charge in [0.2, 0.25) is 0 Å². The van der Waals surface area contributed by atoms with E-state index in [1.54, 1.807) is 13.3 Å². The van der Waals surface area contributed by atoms with Crippen LogP contribution in [0, 0.1) is 6.92 Å². The highest BCUT2D eigenvalue weighted by Crippen LogP contribution is 2.14. The molecule has 80 valence electrons. The zero-order valence-electron chi connectivity index (χ0n) is 8.97. The predicted octanol–water partition coefficient (Wildman–Crippen LogP) is 1.29. The Labute approximate surface area is 88.7 Å². The molecule has 0 aliphatic heterocycles. The highest BCUT2D eigenvalue weighted by molar-refractivity contribution is 5.42. The lowest BCUT2D eigenvalue weighted by Gasteiger charge is -2.10. The van der Waals surface area contributed by atoms with Crippen molar-refractivity contribution in [1.82, 2.24) is 9.38 Å². The molecule has 0 aliphatic carbocycles. The molecule has 0 radical (unpaired) electrons. The molecule has 2 N–H and O–H groups in total. The molecule has 1 unspecified atom stereocenters. The Kier molecular flexibility index (Phi) is 2.70. The number of rotatable bonds is 3. The summed E-state index contributed by atoms with van der Waals surface area (Å²) in [6, 6.07) is 3.89. The van der Waals surface area contributed by atoms with Gasteiger partial charge in [-0.15, -0.1) is 0 Å². The van der Waals surface area contributed by atoms with Gasteiger partial charge >= 0.3 is 0 Å². The standard InChI is InChI=1S/C11H15N3O/c1-8-3-4-11-13-5-10(14(11)6-8)9(12)7-15-2/h3-6,9H,7,12H2,1-2H3. The van der Waals surface area contributed by atoms with Gasteiger partial charge in [0.15, 0.2) is 0 Å². The van der Waals surface area contributed by atoms with Gasteiger partial charge in [0.05, 0.1) is 24.5 Å². The third-order valence-electron chi connectivity index (χ3n) is 2.41. The summed E-state index contributed by atoms with van der Waals surface area (Å²) in [5, 5.41) is 0. The molecule has 2 heterocycles. The second-order valence-corrected chi connectivity index (χ2v) is 3.68. The fourth-order valence-electron chi connectivity index (χ4n) is 1.64. The Morgan fingerprint density at radius 3 is 3.07 bits per heavy atom. The number of pyridine rings is 1. The van der Waals surface area contributed by atoms with Crippen LogP contribution in [-0.4, -0.2) is 23.1 Å². The summed E-state index contributed by atoms with van der Waals surface area (Å²) < 4.78 is 7.05. The molecule has 0 spiro atoms. The van der Waals surface area contributed by atoms with Crippen LogP contribution in [0.5, 0.6) is 0 Å². The molecular formula is C11H15N3O. The lowest BCUT2D eigenvalue weighted by atomic mass is 10.2. The van der Waals surface area contributed by atoms with Gasteiger partial charge in [-0.25, -0.2) is 4.98 Å². The number of imidazole rings is 1. The van der Waals surface area contributed by atoms with Gasteiger partial charge in [-0.3, -0.25) is 0 Å². The van der Waals surface area contributed by atoms with Crippen LogP contribution in [0.3, 0.4) is 0 Å². The van der Waals surface area contributed by atoms with Crippen LogP contribution < -0.4 is 5.73 Å². The van der Waals surface area contributed by atoms with Gasteiger partial charge in [0, 0.05) is 13.3 Å². The van der Waals surface area contributed by atoms with Gasteiger partial charge in [0.1, 0.15) is 5.65 Å². The van der Waals surface area contributed by atoms with Crippen LogP contribution in [0.4, 0.5) is 0 Å². The monoisotopic (exact) mass is 205 g/mol. The summed E-state index contributed by atoms with van der Waals surface area (Å²) in [5.74, 6) is 0. The summed E-state index contributed by atoms with van der Waals surface area (Å²) in [6.07, 6.45) is 3.84. The van der Waals surface area contributed by atoms with Crippen molar-refractivity contribution in [2.45, 2.75) is 13.0 Å². The van der Waals surface area contributed by atoms with Crippen LogP contribution >= 0.6 is 0 Å². The van der Waals surface area contributed by atoms with E-state index in [9.17, 15) is 0 Å². The minimum absolute atomic E-state index is 0.133. The average Bonchev–Trinajstić information content (AvgIpc) is 2.60. The van der Waals surface area contributed by atoms with Crippen molar-refractivity contribution in [3.8, 4) is 0 Å². The van der Waals surface area contributed by atoms with Crippen LogP contribution in [0.25, 0.3) is 5.65 Å². The third kappa shape index (κ3) is 1.86. The normalized spacial score (nSPS) is 13.3. The largest absolute Gasteiger partial charge is 0.383 e. The highest BCUT2D eigenvalue weighted by Gasteiger charge is 2.11. The average molecular weight is 205 g/mol. The number of methoxy groups -OCH3 is 1. The number of hydrogen-bond donors (Lipinski definition) is 1. The Hall–Kier alpha value is -1.39. The molecule has 0 saturated carbocycles. The summed E-state index contributed by atoms with van der Waals surface area (Å²) in [4.78, 5) is 4.29. The van der Waals surface area contributed by atoms with Crippen LogP contribution in [-0.2, 0) is 4.74 Å². The SMILES string of the molecule is COCC(N)c1cnc2ccc(C)cn12. The van der Waals surface area contributed by atoms with E-state index in [2.05, 4.69) is 4.98 Å². The number of nitrogens with zero attached hydrogens (tertiary/aromatic N) is 2. The van der Waals surface area contributed by atoms with Crippen molar-refractivity contribution in [2.75, 3.05) is 13.7 Å². The van der Waals surface area contributed by atoms with E-state index in [0.29, 0.717) is 6.61 Å².